The maximum absolute atomic E-state index is 11.4. The van der Waals surface area contributed by atoms with Crippen LogP contribution in [0.25, 0.3) is 0 Å². The molecule has 0 aliphatic rings. The van der Waals surface area contributed by atoms with Crippen LogP contribution < -0.4 is 10.9 Å². The Bertz CT molecular complexity index is 424. The van der Waals surface area contributed by atoms with Gasteiger partial charge in [-0.3, -0.25) is 0 Å². The van der Waals surface area contributed by atoms with Crippen molar-refractivity contribution < 1.29 is 9.53 Å². The van der Waals surface area contributed by atoms with Gasteiger partial charge in [0.25, 0.3) is 0 Å². The molecule has 0 aliphatic carbocycles. The van der Waals surface area contributed by atoms with Gasteiger partial charge in [-0.05, 0) is 32.0 Å². The summed E-state index contributed by atoms with van der Waals surface area (Å²) in [6.07, 6.45) is -0.886. The van der Waals surface area contributed by atoms with Crippen molar-refractivity contribution in [1.29, 1.82) is 5.26 Å². The summed E-state index contributed by atoms with van der Waals surface area (Å²) in [6.45, 7) is 7.47. The third kappa shape index (κ3) is 4.85. The van der Waals surface area contributed by atoms with E-state index < -0.39 is 6.09 Å². The number of benzene rings is 1. The van der Waals surface area contributed by atoms with Gasteiger partial charge in [-0.2, -0.15) is 5.26 Å². The number of amides is 1. The molecule has 0 spiro atoms. The van der Waals surface area contributed by atoms with Crippen molar-refractivity contribution in [3.05, 3.63) is 29.8 Å². The fraction of sp³-hybridized carbons (Fsp3) is 0.385. The number of nitriles is 1. The van der Waals surface area contributed by atoms with E-state index in [0.29, 0.717) is 11.3 Å². The average molecular weight is 249 g/mol. The van der Waals surface area contributed by atoms with Crippen LogP contribution >= 0.6 is 0 Å². The smallest absolute Gasteiger partial charge is 0.429 e. The standard InChI is InChI=1S/C11H13N3O2.C2H6/c1-8(2)16-11(15)14(13)10-5-3-4-9(6-10)7-12;1-2/h3-6,8H,13H2,1-2H3;1-2H3. The number of nitrogens with zero attached hydrogens (tertiary/aromatic N) is 2. The Kier molecular flexibility index (Phi) is 7.17. The van der Waals surface area contributed by atoms with Crippen LogP contribution in [0.4, 0.5) is 10.5 Å². The third-order valence-electron chi connectivity index (χ3n) is 1.79. The highest BCUT2D eigenvalue weighted by Gasteiger charge is 2.14. The van der Waals surface area contributed by atoms with E-state index >= 15 is 0 Å². The fourth-order valence-corrected chi connectivity index (χ4v) is 1.09. The van der Waals surface area contributed by atoms with E-state index in [-0.39, 0.29) is 6.10 Å². The monoisotopic (exact) mass is 249 g/mol. The van der Waals surface area contributed by atoms with Crippen LogP contribution in [-0.2, 0) is 4.74 Å². The molecule has 0 saturated carbocycles. The van der Waals surface area contributed by atoms with Crippen molar-refractivity contribution in [1.82, 2.24) is 0 Å². The van der Waals surface area contributed by atoms with Crippen LogP contribution in [-0.4, -0.2) is 12.2 Å². The Morgan fingerprint density at radius 1 is 1.44 bits per heavy atom. The number of hydrazine groups is 1. The Balaban J connectivity index is 0.00000137. The zero-order valence-electron chi connectivity index (χ0n) is 11.2. The molecule has 1 aromatic carbocycles. The molecule has 0 saturated heterocycles. The van der Waals surface area contributed by atoms with E-state index in [1.807, 2.05) is 19.9 Å². The summed E-state index contributed by atoms with van der Waals surface area (Å²) >= 11 is 0. The van der Waals surface area contributed by atoms with Crippen molar-refractivity contribution in [3.63, 3.8) is 0 Å². The first-order valence-electron chi connectivity index (χ1n) is 5.80. The number of carbonyl (C=O) groups excluding carboxylic acids is 1. The zero-order valence-corrected chi connectivity index (χ0v) is 11.2. The van der Waals surface area contributed by atoms with Crippen LogP contribution in [0.5, 0.6) is 0 Å². The van der Waals surface area contributed by atoms with Crippen molar-refractivity contribution >= 4 is 11.8 Å². The minimum Gasteiger partial charge on any atom is -0.445 e. The number of ether oxygens (including phenoxy) is 1. The minimum atomic E-state index is -0.648. The van der Waals surface area contributed by atoms with Crippen LogP contribution in [0, 0.1) is 11.3 Å². The van der Waals surface area contributed by atoms with Crippen molar-refractivity contribution in [2.45, 2.75) is 33.8 Å². The maximum atomic E-state index is 11.4. The topological polar surface area (TPSA) is 79.3 Å². The summed E-state index contributed by atoms with van der Waals surface area (Å²) in [4.78, 5) is 11.4. The Morgan fingerprint density at radius 2 is 2.06 bits per heavy atom. The van der Waals surface area contributed by atoms with Gasteiger partial charge in [-0.1, -0.05) is 19.9 Å². The van der Waals surface area contributed by atoms with Crippen molar-refractivity contribution in [3.8, 4) is 6.07 Å². The predicted molar refractivity (Wildman–Crippen MR) is 70.8 cm³/mol. The predicted octanol–water partition coefficient (Wildman–Crippen LogP) is 2.81. The van der Waals surface area contributed by atoms with E-state index in [1.54, 1.807) is 32.0 Å². The van der Waals surface area contributed by atoms with E-state index in [2.05, 4.69) is 0 Å². The first-order valence-corrected chi connectivity index (χ1v) is 5.80. The van der Waals surface area contributed by atoms with Crippen LogP contribution in [0.2, 0.25) is 0 Å². The zero-order chi connectivity index (χ0) is 14.1. The average Bonchev–Trinajstić information content (AvgIpc) is 2.39. The van der Waals surface area contributed by atoms with Gasteiger partial charge in [-0.25, -0.2) is 15.6 Å². The highest BCUT2D eigenvalue weighted by molar-refractivity contribution is 5.86. The lowest BCUT2D eigenvalue weighted by Gasteiger charge is -2.18. The van der Waals surface area contributed by atoms with Gasteiger partial charge < -0.3 is 4.74 Å². The second-order valence-corrected chi connectivity index (χ2v) is 3.46. The maximum Gasteiger partial charge on any atom is 0.429 e. The number of carbonyl (C=O) groups is 1. The van der Waals surface area contributed by atoms with Gasteiger partial charge in [0, 0.05) is 0 Å². The van der Waals surface area contributed by atoms with Crippen LogP contribution in [0.1, 0.15) is 33.3 Å². The quantitative estimate of drug-likeness (QED) is 0.496. The second-order valence-electron chi connectivity index (χ2n) is 3.46. The number of hydrogen-bond acceptors (Lipinski definition) is 4. The lowest BCUT2D eigenvalue weighted by atomic mass is 10.2. The minimum absolute atomic E-state index is 0.238. The Hall–Kier alpha value is -2.06. The van der Waals surface area contributed by atoms with Gasteiger partial charge in [0.1, 0.15) is 0 Å². The molecule has 0 aliphatic heterocycles. The molecule has 2 N–H and O–H groups in total. The van der Waals surface area contributed by atoms with Gasteiger partial charge in [0.05, 0.1) is 23.4 Å². The largest absolute Gasteiger partial charge is 0.445 e. The Morgan fingerprint density at radius 3 is 2.56 bits per heavy atom. The summed E-state index contributed by atoms with van der Waals surface area (Å²) in [7, 11) is 0. The molecule has 98 valence electrons. The van der Waals surface area contributed by atoms with E-state index in [0.717, 1.165) is 5.01 Å². The van der Waals surface area contributed by atoms with Crippen LogP contribution in [0.3, 0.4) is 0 Å². The molecule has 0 aromatic heterocycles. The fourth-order valence-electron chi connectivity index (χ4n) is 1.09. The van der Waals surface area contributed by atoms with Crippen LogP contribution in [0.15, 0.2) is 24.3 Å². The van der Waals surface area contributed by atoms with Crippen molar-refractivity contribution in [2.24, 2.45) is 5.84 Å². The summed E-state index contributed by atoms with van der Waals surface area (Å²) in [5, 5.41) is 9.58. The molecular weight excluding hydrogens is 230 g/mol. The summed E-state index contributed by atoms with van der Waals surface area (Å²) < 4.78 is 4.92. The molecular formula is C13H19N3O2. The summed E-state index contributed by atoms with van der Waals surface area (Å²) in [5.41, 5.74) is 0.856. The lowest BCUT2D eigenvalue weighted by Crippen LogP contribution is -2.39. The first-order chi connectivity index (χ1) is 8.54. The van der Waals surface area contributed by atoms with Gasteiger partial charge in [-0.15, -0.1) is 0 Å². The molecule has 1 amide bonds. The highest BCUT2D eigenvalue weighted by Crippen LogP contribution is 2.14. The molecule has 1 rings (SSSR count). The van der Waals surface area contributed by atoms with Gasteiger partial charge in [0.15, 0.2) is 0 Å². The molecule has 18 heavy (non-hydrogen) atoms. The number of rotatable bonds is 2. The van der Waals surface area contributed by atoms with E-state index in [9.17, 15) is 4.79 Å². The van der Waals surface area contributed by atoms with E-state index in [1.165, 1.54) is 6.07 Å². The molecule has 5 nitrogen and oxygen atoms in total. The second kappa shape index (κ2) is 8.09. The van der Waals surface area contributed by atoms with E-state index in [4.69, 9.17) is 15.8 Å². The van der Waals surface area contributed by atoms with Gasteiger partial charge >= 0.3 is 6.09 Å². The highest BCUT2D eigenvalue weighted by atomic mass is 16.6. The molecule has 0 fully saturated rings. The molecule has 0 bridgehead atoms. The summed E-state index contributed by atoms with van der Waals surface area (Å²) in [5.74, 6) is 5.56. The molecule has 5 heteroatoms. The number of anilines is 1. The van der Waals surface area contributed by atoms with Gasteiger partial charge in [0.2, 0.25) is 0 Å². The molecule has 0 atom stereocenters. The molecule has 1 aromatic rings. The normalized spacial score (nSPS) is 8.94. The number of hydrogen-bond donors (Lipinski definition) is 1. The SMILES string of the molecule is CC.CC(C)OC(=O)N(N)c1cccc(C#N)c1. The van der Waals surface area contributed by atoms with Crippen molar-refractivity contribution in [2.75, 3.05) is 5.01 Å². The molecule has 0 heterocycles. The first kappa shape index (κ1) is 15.9. The molecule has 0 radical (unpaired) electrons. The Labute approximate surface area is 108 Å². The third-order valence-corrected chi connectivity index (χ3v) is 1.79. The summed E-state index contributed by atoms with van der Waals surface area (Å²) in [6, 6.07) is 8.39. The number of nitrogens with two attached hydrogens (primary N) is 1. The molecule has 0 unspecified atom stereocenters. The lowest BCUT2D eigenvalue weighted by molar-refractivity contribution is 0.122.